The average Bonchev–Trinajstić information content (AvgIpc) is 2.34. The van der Waals surface area contributed by atoms with Crippen LogP contribution in [0.4, 0.5) is 0 Å². The summed E-state index contributed by atoms with van der Waals surface area (Å²) in [5.41, 5.74) is 1.94. The summed E-state index contributed by atoms with van der Waals surface area (Å²) in [6, 6.07) is 8.22. The molecule has 3 heteroatoms. The number of nitrogens with one attached hydrogen (secondary N) is 2. The maximum absolute atomic E-state index is 11.8. The Balaban J connectivity index is 2.41. The summed E-state index contributed by atoms with van der Waals surface area (Å²) >= 11 is 0. The molecule has 0 heterocycles. The molecule has 0 radical (unpaired) electrons. The molecule has 0 aliphatic heterocycles. The van der Waals surface area contributed by atoms with E-state index in [9.17, 15) is 4.79 Å². The van der Waals surface area contributed by atoms with E-state index in [1.807, 2.05) is 24.3 Å². The molecule has 94 valence electrons. The summed E-state index contributed by atoms with van der Waals surface area (Å²) in [5.74, 6) is 0.00542. The second-order valence-electron chi connectivity index (χ2n) is 4.42. The van der Waals surface area contributed by atoms with E-state index < -0.39 is 0 Å². The first-order chi connectivity index (χ1) is 8.13. The van der Waals surface area contributed by atoms with Gasteiger partial charge in [0.2, 0.25) is 0 Å². The third kappa shape index (κ3) is 5.00. The number of aryl methyl sites for hydroxylation is 1. The van der Waals surface area contributed by atoms with Gasteiger partial charge in [0.1, 0.15) is 0 Å². The van der Waals surface area contributed by atoms with Crippen LogP contribution in [0.15, 0.2) is 24.3 Å². The van der Waals surface area contributed by atoms with Crippen molar-refractivity contribution in [1.29, 1.82) is 0 Å². The van der Waals surface area contributed by atoms with Crippen molar-refractivity contribution < 1.29 is 4.79 Å². The molecule has 1 aromatic carbocycles. The Kier molecular flexibility index (Phi) is 5.70. The second kappa shape index (κ2) is 7.07. The van der Waals surface area contributed by atoms with Crippen molar-refractivity contribution in [1.82, 2.24) is 10.6 Å². The molecular weight excluding hydrogens is 212 g/mol. The smallest absolute Gasteiger partial charge is 0.251 e. The van der Waals surface area contributed by atoms with Gasteiger partial charge >= 0.3 is 0 Å². The van der Waals surface area contributed by atoms with E-state index in [0.717, 1.165) is 18.5 Å². The third-order valence-electron chi connectivity index (χ3n) is 2.56. The van der Waals surface area contributed by atoms with E-state index in [1.54, 1.807) is 0 Å². The number of rotatable bonds is 6. The lowest BCUT2D eigenvalue weighted by molar-refractivity contribution is 0.0953. The highest BCUT2D eigenvalue weighted by atomic mass is 16.1. The zero-order valence-corrected chi connectivity index (χ0v) is 10.9. The topological polar surface area (TPSA) is 41.1 Å². The first kappa shape index (κ1) is 13.7. The van der Waals surface area contributed by atoms with Crippen LogP contribution in [0, 0.1) is 0 Å². The highest BCUT2D eigenvalue weighted by Gasteiger charge is 2.04. The monoisotopic (exact) mass is 234 g/mol. The minimum Gasteiger partial charge on any atom is -0.351 e. The molecule has 0 saturated heterocycles. The fraction of sp³-hybridized carbons (Fsp3) is 0.500. The van der Waals surface area contributed by atoms with Crippen LogP contribution in [0.1, 0.15) is 36.7 Å². The van der Waals surface area contributed by atoms with Crippen LogP contribution < -0.4 is 10.6 Å². The number of carbonyl (C=O) groups is 1. The van der Waals surface area contributed by atoms with Crippen LogP contribution in [-0.4, -0.2) is 25.0 Å². The molecule has 0 bridgehead atoms. The van der Waals surface area contributed by atoms with E-state index in [4.69, 9.17) is 0 Å². The molecule has 17 heavy (non-hydrogen) atoms. The maximum atomic E-state index is 11.8. The van der Waals surface area contributed by atoms with Gasteiger partial charge < -0.3 is 10.6 Å². The van der Waals surface area contributed by atoms with Crippen LogP contribution in [0.5, 0.6) is 0 Å². The van der Waals surface area contributed by atoms with Crippen molar-refractivity contribution >= 4 is 5.91 Å². The molecule has 1 amide bonds. The Morgan fingerprint density at radius 3 is 2.71 bits per heavy atom. The van der Waals surface area contributed by atoms with Crippen molar-refractivity contribution in [3.63, 3.8) is 0 Å². The van der Waals surface area contributed by atoms with Gasteiger partial charge in [-0.25, -0.2) is 0 Å². The molecule has 0 aliphatic carbocycles. The summed E-state index contributed by atoms with van der Waals surface area (Å²) in [6.07, 6.45) is 0.954. The fourth-order valence-corrected chi connectivity index (χ4v) is 1.57. The Bertz CT molecular complexity index is 361. The van der Waals surface area contributed by atoms with Gasteiger partial charge in [0.25, 0.3) is 5.91 Å². The average molecular weight is 234 g/mol. The van der Waals surface area contributed by atoms with E-state index >= 15 is 0 Å². The lowest BCUT2D eigenvalue weighted by atomic mass is 10.1. The third-order valence-corrected chi connectivity index (χ3v) is 2.56. The largest absolute Gasteiger partial charge is 0.351 e. The zero-order valence-electron chi connectivity index (χ0n) is 10.9. The number of benzene rings is 1. The van der Waals surface area contributed by atoms with Crippen LogP contribution in [0.25, 0.3) is 0 Å². The number of amides is 1. The quantitative estimate of drug-likeness (QED) is 0.739. The van der Waals surface area contributed by atoms with Gasteiger partial charge in [0.15, 0.2) is 0 Å². The standard InChI is InChI=1S/C14H22N2O/c1-4-12-6-5-7-13(10-12)14(17)16-9-8-15-11(2)3/h5-7,10-11,15H,4,8-9H2,1-3H3,(H,16,17). The predicted molar refractivity (Wildman–Crippen MR) is 71.3 cm³/mol. The molecule has 0 atom stereocenters. The summed E-state index contributed by atoms with van der Waals surface area (Å²) < 4.78 is 0. The van der Waals surface area contributed by atoms with Crippen LogP contribution >= 0.6 is 0 Å². The fourth-order valence-electron chi connectivity index (χ4n) is 1.57. The van der Waals surface area contributed by atoms with Gasteiger partial charge in [-0.1, -0.05) is 32.9 Å². The van der Waals surface area contributed by atoms with Gasteiger partial charge in [0.05, 0.1) is 0 Å². The molecule has 3 nitrogen and oxygen atoms in total. The first-order valence-corrected chi connectivity index (χ1v) is 6.24. The maximum Gasteiger partial charge on any atom is 0.251 e. The van der Waals surface area contributed by atoms with Crippen LogP contribution in [0.2, 0.25) is 0 Å². The summed E-state index contributed by atoms with van der Waals surface area (Å²) in [7, 11) is 0. The van der Waals surface area contributed by atoms with Gasteiger partial charge in [-0.05, 0) is 24.1 Å². The summed E-state index contributed by atoms with van der Waals surface area (Å²) in [6.45, 7) is 7.73. The summed E-state index contributed by atoms with van der Waals surface area (Å²) in [4.78, 5) is 11.8. The van der Waals surface area contributed by atoms with Crippen molar-refractivity contribution in [2.45, 2.75) is 33.2 Å². The van der Waals surface area contributed by atoms with Gasteiger partial charge in [-0.15, -0.1) is 0 Å². The highest BCUT2D eigenvalue weighted by Crippen LogP contribution is 2.05. The van der Waals surface area contributed by atoms with E-state index in [1.165, 1.54) is 5.56 Å². The number of hydrogen-bond donors (Lipinski definition) is 2. The van der Waals surface area contributed by atoms with Crippen LogP contribution in [-0.2, 0) is 6.42 Å². The Morgan fingerprint density at radius 2 is 2.06 bits per heavy atom. The molecular formula is C14H22N2O. The second-order valence-corrected chi connectivity index (χ2v) is 4.42. The van der Waals surface area contributed by atoms with E-state index in [-0.39, 0.29) is 5.91 Å². The minimum atomic E-state index is 0.00542. The molecule has 0 unspecified atom stereocenters. The van der Waals surface area contributed by atoms with Gasteiger partial charge in [-0.3, -0.25) is 4.79 Å². The molecule has 0 spiro atoms. The van der Waals surface area contributed by atoms with Gasteiger partial charge in [-0.2, -0.15) is 0 Å². The van der Waals surface area contributed by atoms with Crippen molar-refractivity contribution in [3.8, 4) is 0 Å². The first-order valence-electron chi connectivity index (χ1n) is 6.24. The molecule has 1 rings (SSSR count). The predicted octanol–water partition coefficient (Wildman–Crippen LogP) is 1.98. The molecule has 0 saturated carbocycles. The molecule has 1 aromatic rings. The minimum absolute atomic E-state index is 0.00542. The van der Waals surface area contributed by atoms with E-state index in [0.29, 0.717) is 12.6 Å². The SMILES string of the molecule is CCc1cccc(C(=O)NCCNC(C)C)c1. The highest BCUT2D eigenvalue weighted by molar-refractivity contribution is 5.94. The van der Waals surface area contributed by atoms with Gasteiger partial charge in [0, 0.05) is 24.7 Å². The Hall–Kier alpha value is -1.35. The van der Waals surface area contributed by atoms with Crippen molar-refractivity contribution in [3.05, 3.63) is 35.4 Å². The lowest BCUT2D eigenvalue weighted by Crippen LogP contribution is -2.34. The zero-order chi connectivity index (χ0) is 12.7. The Morgan fingerprint density at radius 1 is 1.29 bits per heavy atom. The van der Waals surface area contributed by atoms with Crippen molar-refractivity contribution in [2.24, 2.45) is 0 Å². The number of hydrogen-bond acceptors (Lipinski definition) is 2. The summed E-state index contributed by atoms with van der Waals surface area (Å²) in [5, 5.41) is 6.16. The lowest BCUT2D eigenvalue weighted by Gasteiger charge is -2.09. The van der Waals surface area contributed by atoms with Crippen LogP contribution in [0.3, 0.4) is 0 Å². The van der Waals surface area contributed by atoms with E-state index in [2.05, 4.69) is 31.4 Å². The normalized spacial score (nSPS) is 10.6. The molecule has 0 aliphatic rings. The van der Waals surface area contributed by atoms with Crippen molar-refractivity contribution in [2.75, 3.05) is 13.1 Å². The Labute approximate surface area is 104 Å². The molecule has 0 aromatic heterocycles. The number of carbonyl (C=O) groups excluding carboxylic acids is 1. The molecule has 0 fully saturated rings. The molecule has 2 N–H and O–H groups in total.